The molecule has 3 heterocycles. The summed E-state index contributed by atoms with van der Waals surface area (Å²) in [6, 6.07) is 9.45. The third-order valence-electron chi connectivity index (χ3n) is 3.68. The molecule has 1 unspecified atom stereocenters. The second-order valence-electron chi connectivity index (χ2n) is 5.17. The Bertz CT molecular complexity index is 629. The number of aryl methyl sites for hydroxylation is 1. The largest absolute Gasteiger partial charge is 0.328 e. The molecule has 1 saturated heterocycles. The van der Waals surface area contributed by atoms with Crippen LogP contribution in [0.25, 0.3) is 0 Å². The molecule has 1 fully saturated rings. The fraction of sp³-hybridized carbons (Fsp3) is 0.312. The van der Waals surface area contributed by atoms with Gasteiger partial charge in [-0.25, -0.2) is 4.98 Å². The van der Waals surface area contributed by atoms with E-state index < -0.39 is 0 Å². The zero-order chi connectivity index (χ0) is 14.7. The molecular formula is C16H18N4O. The van der Waals surface area contributed by atoms with Gasteiger partial charge in [-0.05, 0) is 30.7 Å². The first-order chi connectivity index (χ1) is 10.3. The van der Waals surface area contributed by atoms with Crippen molar-refractivity contribution < 1.29 is 4.79 Å². The van der Waals surface area contributed by atoms with Crippen molar-refractivity contribution in [2.45, 2.75) is 13.0 Å². The van der Waals surface area contributed by atoms with E-state index in [-0.39, 0.29) is 11.9 Å². The number of carbonyl (C=O) groups excluding carboxylic acids is 1. The summed E-state index contributed by atoms with van der Waals surface area (Å²) < 4.78 is 0. The number of piperazine rings is 1. The molecule has 1 aliphatic rings. The SMILES string of the molecule is Cc1cccc(C(=O)N2CCNCC2c2cccnc2)n1. The highest BCUT2D eigenvalue weighted by atomic mass is 16.2. The van der Waals surface area contributed by atoms with Crippen molar-refractivity contribution in [3.05, 3.63) is 59.7 Å². The van der Waals surface area contributed by atoms with Crippen molar-refractivity contribution in [2.75, 3.05) is 19.6 Å². The fourth-order valence-electron chi connectivity index (χ4n) is 2.63. The summed E-state index contributed by atoms with van der Waals surface area (Å²) in [6.07, 6.45) is 3.57. The van der Waals surface area contributed by atoms with Crippen LogP contribution in [0.15, 0.2) is 42.7 Å². The summed E-state index contributed by atoms with van der Waals surface area (Å²) >= 11 is 0. The molecule has 5 nitrogen and oxygen atoms in total. The van der Waals surface area contributed by atoms with E-state index in [9.17, 15) is 4.79 Å². The molecule has 1 aliphatic heterocycles. The molecule has 2 aromatic heterocycles. The predicted molar refractivity (Wildman–Crippen MR) is 79.9 cm³/mol. The highest BCUT2D eigenvalue weighted by Gasteiger charge is 2.29. The van der Waals surface area contributed by atoms with E-state index in [4.69, 9.17) is 0 Å². The maximum Gasteiger partial charge on any atom is 0.273 e. The number of nitrogens with zero attached hydrogens (tertiary/aromatic N) is 3. The number of rotatable bonds is 2. The Hall–Kier alpha value is -2.27. The molecular weight excluding hydrogens is 264 g/mol. The smallest absolute Gasteiger partial charge is 0.273 e. The van der Waals surface area contributed by atoms with Gasteiger partial charge in [0, 0.05) is 37.7 Å². The second kappa shape index (κ2) is 6.01. The van der Waals surface area contributed by atoms with Crippen LogP contribution in [0.3, 0.4) is 0 Å². The van der Waals surface area contributed by atoms with Crippen LogP contribution in [0, 0.1) is 6.92 Å². The number of nitrogens with one attached hydrogen (secondary N) is 1. The lowest BCUT2D eigenvalue weighted by Gasteiger charge is -2.36. The van der Waals surface area contributed by atoms with Gasteiger partial charge in [-0.1, -0.05) is 12.1 Å². The van der Waals surface area contributed by atoms with Gasteiger partial charge in [-0.3, -0.25) is 9.78 Å². The van der Waals surface area contributed by atoms with Gasteiger partial charge in [0.2, 0.25) is 0 Å². The minimum absolute atomic E-state index is 0.00209. The van der Waals surface area contributed by atoms with Crippen LogP contribution < -0.4 is 5.32 Å². The van der Waals surface area contributed by atoms with Crippen molar-refractivity contribution >= 4 is 5.91 Å². The summed E-state index contributed by atoms with van der Waals surface area (Å²) in [6.45, 7) is 4.11. The zero-order valence-corrected chi connectivity index (χ0v) is 12.0. The monoisotopic (exact) mass is 282 g/mol. The molecule has 2 aromatic rings. The number of carbonyl (C=O) groups is 1. The highest BCUT2D eigenvalue weighted by molar-refractivity contribution is 5.92. The van der Waals surface area contributed by atoms with E-state index in [0.29, 0.717) is 12.2 Å². The lowest BCUT2D eigenvalue weighted by atomic mass is 10.0. The Morgan fingerprint density at radius 2 is 2.24 bits per heavy atom. The zero-order valence-electron chi connectivity index (χ0n) is 12.0. The van der Waals surface area contributed by atoms with Crippen LogP contribution in [0.1, 0.15) is 27.8 Å². The van der Waals surface area contributed by atoms with Gasteiger partial charge < -0.3 is 10.2 Å². The fourth-order valence-corrected chi connectivity index (χ4v) is 2.63. The molecule has 0 spiro atoms. The number of pyridine rings is 2. The molecule has 3 rings (SSSR count). The van der Waals surface area contributed by atoms with Gasteiger partial charge in [0.25, 0.3) is 5.91 Å². The van der Waals surface area contributed by atoms with Crippen molar-refractivity contribution in [1.29, 1.82) is 0 Å². The topological polar surface area (TPSA) is 58.1 Å². The van der Waals surface area contributed by atoms with Crippen molar-refractivity contribution in [3.63, 3.8) is 0 Å². The number of aromatic nitrogens is 2. The summed E-state index contributed by atoms with van der Waals surface area (Å²) in [4.78, 5) is 23.1. The molecule has 0 bridgehead atoms. The number of hydrogen-bond donors (Lipinski definition) is 1. The van der Waals surface area contributed by atoms with Crippen molar-refractivity contribution in [3.8, 4) is 0 Å². The quantitative estimate of drug-likeness (QED) is 0.908. The van der Waals surface area contributed by atoms with Gasteiger partial charge in [-0.15, -0.1) is 0 Å². The van der Waals surface area contributed by atoms with E-state index in [2.05, 4.69) is 15.3 Å². The Labute approximate surface area is 124 Å². The average Bonchev–Trinajstić information content (AvgIpc) is 2.55. The van der Waals surface area contributed by atoms with Gasteiger partial charge in [0.15, 0.2) is 0 Å². The van der Waals surface area contributed by atoms with Gasteiger partial charge in [0.1, 0.15) is 5.69 Å². The summed E-state index contributed by atoms with van der Waals surface area (Å²) in [5.41, 5.74) is 2.41. The van der Waals surface area contributed by atoms with E-state index in [1.165, 1.54) is 0 Å². The first-order valence-electron chi connectivity index (χ1n) is 7.11. The Balaban J connectivity index is 1.89. The van der Waals surface area contributed by atoms with Gasteiger partial charge in [0.05, 0.1) is 6.04 Å². The van der Waals surface area contributed by atoms with Crippen LogP contribution in [-0.4, -0.2) is 40.4 Å². The first kappa shape index (κ1) is 13.7. The molecule has 0 aromatic carbocycles. The Morgan fingerprint density at radius 3 is 3.00 bits per heavy atom. The number of amides is 1. The van der Waals surface area contributed by atoms with Crippen LogP contribution in [0.5, 0.6) is 0 Å². The third-order valence-corrected chi connectivity index (χ3v) is 3.68. The van der Waals surface area contributed by atoms with E-state index in [0.717, 1.165) is 24.3 Å². The predicted octanol–water partition coefficient (Wildman–Crippen LogP) is 1.57. The second-order valence-corrected chi connectivity index (χ2v) is 5.17. The van der Waals surface area contributed by atoms with Crippen LogP contribution in [0.2, 0.25) is 0 Å². The summed E-state index contributed by atoms with van der Waals surface area (Å²) in [5, 5.41) is 3.34. The minimum Gasteiger partial charge on any atom is -0.328 e. The van der Waals surface area contributed by atoms with Crippen LogP contribution in [-0.2, 0) is 0 Å². The standard InChI is InChI=1S/C16H18N4O/c1-12-4-2-6-14(19-12)16(21)20-9-8-18-11-15(20)13-5-3-7-17-10-13/h2-7,10,15,18H,8-9,11H2,1H3. The van der Waals surface area contributed by atoms with Crippen molar-refractivity contribution in [2.24, 2.45) is 0 Å². The molecule has 21 heavy (non-hydrogen) atoms. The van der Waals surface area contributed by atoms with Crippen LogP contribution >= 0.6 is 0 Å². The number of hydrogen-bond acceptors (Lipinski definition) is 4. The van der Waals surface area contributed by atoms with Gasteiger partial charge >= 0.3 is 0 Å². The first-order valence-corrected chi connectivity index (χ1v) is 7.11. The maximum absolute atomic E-state index is 12.8. The lowest BCUT2D eigenvalue weighted by Crippen LogP contribution is -2.48. The molecule has 0 saturated carbocycles. The molecule has 0 aliphatic carbocycles. The van der Waals surface area contributed by atoms with Crippen molar-refractivity contribution in [1.82, 2.24) is 20.2 Å². The molecule has 1 atom stereocenters. The Morgan fingerprint density at radius 1 is 1.33 bits per heavy atom. The van der Waals surface area contributed by atoms with Crippen LogP contribution in [0.4, 0.5) is 0 Å². The summed E-state index contributed by atoms with van der Waals surface area (Å²) in [7, 11) is 0. The Kier molecular flexibility index (Phi) is 3.92. The molecule has 0 radical (unpaired) electrons. The van der Waals surface area contributed by atoms with E-state index >= 15 is 0 Å². The molecule has 1 amide bonds. The third kappa shape index (κ3) is 2.92. The highest BCUT2D eigenvalue weighted by Crippen LogP contribution is 2.23. The molecule has 108 valence electrons. The normalized spacial score (nSPS) is 18.5. The van der Waals surface area contributed by atoms with Gasteiger partial charge in [-0.2, -0.15) is 0 Å². The maximum atomic E-state index is 12.8. The average molecular weight is 282 g/mol. The lowest BCUT2D eigenvalue weighted by molar-refractivity contribution is 0.0627. The van der Waals surface area contributed by atoms with E-state index in [1.807, 2.05) is 42.3 Å². The minimum atomic E-state index is -0.0194. The summed E-state index contributed by atoms with van der Waals surface area (Å²) in [5.74, 6) is -0.0194. The molecule has 5 heteroatoms. The molecule has 1 N–H and O–H groups in total. The van der Waals surface area contributed by atoms with E-state index in [1.54, 1.807) is 12.3 Å².